The highest BCUT2D eigenvalue weighted by Crippen LogP contribution is 2.24. The fourth-order valence-electron chi connectivity index (χ4n) is 3.27. The van der Waals surface area contributed by atoms with E-state index in [0.717, 1.165) is 38.9 Å². The molecule has 1 aromatic rings. The minimum atomic E-state index is -0.443. The van der Waals surface area contributed by atoms with Crippen molar-refractivity contribution < 1.29 is 9.59 Å². The normalized spacial score (nSPS) is 24.1. The van der Waals surface area contributed by atoms with Crippen molar-refractivity contribution in [3.05, 3.63) is 18.0 Å². The number of carbonyl (C=O) groups excluding carboxylic acids is 2. The van der Waals surface area contributed by atoms with Gasteiger partial charge in [0.25, 0.3) is 5.91 Å². The summed E-state index contributed by atoms with van der Waals surface area (Å²) in [5, 5.41) is 4.21. The van der Waals surface area contributed by atoms with Crippen LogP contribution in [0.2, 0.25) is 0 Å². The molecule has 2 aliphatic heterocycles. The van der Waals surface area contributed by atoms with Crippen molar-refractivity contribution in [2.45, 2.75) is 37.8 Å². The van der Waals surface area contributed by atoms with Crippen LogP contribution in [0.4, 0.5) is 0 Å². The van der Waals surface area contributed by atoms with Crippen molar-refractivity contribution in [1.29, 1.82) is 0 Å². The van der Waals surface area contributed by atoms with Crippen LogP contribution < -0.4 is 5.73 Å². The van der Waals surface area contributed by atoms with Crippen LogP contribution in [0.15, 0.2) is 12.4 Å². The first kappa shape index (κ1) is 15.0. The molecule has 7 nitrogen and oxygen atoms in total. The number of hydrogen-bond acceptors (Lipinski definition) is 4. The molecule has 0 radical (unpaired) electrons. The van der Waals surface area contributed by atoms with Crippen LogP contribution >= 0.6 is 0 Å². The second-order valence-electron chi connectivity index (χ2n) is 6.35. The standard InChI is InChI=1S/C15H23N5O2/c1-18-12(4-2-3-5-14(18)21)8-19-9-13(10-19)20-7-11(6-17-20)15(16)22/h6-7,12-13H,2-5,8-10H2,1H3,(H2,16,22). The third kappa shape index (κ3) is 2.99. The summed E-state index contributed by atoms with van der Waals surface area (Å²) in [7, 11) is 1.92. The van der Waals surface area contributed by atoms with Gasteiger partial charge in [0.1, 0.15) is 0 Å². The number of hydrogen-bond donors (Lipinski definition) is 1. The molecule has 2 saturated heterocycles. The molecular formula is C15H23N5O2. The van der Waals surface area contributed by atoms with E-state index in [1.807, 2.05) is 16.6 Å². The van der Waals surface area contributed by atoms with Gasteiger partial charge in [-0.25, -0.2) is 0 Å². The number of likely N-dealkylation sites (N-methyl/N-ethyl adjacent to an activating group) is 1. The predicted molar refractivity (Wildman–Crippen MR) is 81.2 cm³/mol. The molecule has 1 atom stereocenters. The zero-order valence-electron chi connectivity index (χ0n) is 12.9. The van der Waals surface area contributed by atoms with Gasteiger partial charge in [0.15, 0.2) is 0 Å². The number of aromatic nitrogens is 2. The highest BCUT2D eigenvalue weighted by molar-refractivity contribution is 5.92. The maximum Gasteiger partial charge on any atom is 0.251 e. The van der Waals surface area contributed by atoms with Crippen LogP contribution in [0, 0.1) is 0 Å². The SMILES string of the molecule is CN1C(=O)CCCCC1CN1CC(n2cc(C(N)=O)cn2)C1. The summed E-state index contributed by atoms with van der Waals surface area (Å²) in [6.07, 6.45) is 7.12. The van der Waals surface area contributed by atoms with E-state index in [1.54, 1.807) is 6.20 Å². The highest BCUT2D eigenvalue weighted by atomic mass is 16.2. The molecule has 2 fully saturated rings. The van der Waals surface area contributed by atoms with E-state index in [4.69, 9.17) is 5.73 Å². The van der Waals surface area contributed by atoms with Crippen LogP contribution in [-0.2, 0) is 4.79 Å². The summed E-state index contributed by atoms with van der Waals surface area (Å²) >= 11 is 0. The third-order valence-electron chi connectivity index (χ3n) is 4.79. The van der Waals surface area contributed by atoms with Gasteiger partial charge in [-0.1, -0.05) is 6.42 Å². The maximum atomic E-state index is 11.9. The van der Waals surface area contributed by atoms with Crippen molar-refractivity contribution in [3.8, 4) is 0 Å². The molecular weight excluding hydrogens is 282 g/mol. The Morgan fingerprint density at radius 2 is 2.18 bits per heavy atom. The van der Waals surface area contributed by atoms with Crippen LogP contribution in [0.1, 0.15) is 42.1 Å². The summed E-state index contributed by atoms with van der Waals surface area (Å²) in [6, 6.07) is 0.606. The van der Waals surface area contributed by atoms with Crippen molar-refractivity contribution in [2.24, 2.45) is 5.73 Å². The Morgan fingerprint density at radius 3 is 2.86 bits per heavy atom. The van der Waals surface area contributed by atoms with Crippen LogP contribution in [0.5, 0.6) is 0 Å². The van der Waals surface area contributed by atoms with Crippen molar-refractivity contribution in [3.63, 3.8) is 0 Å². The number of carbonyl (C=O) groups is 2. The van der Waals surface area contributed by atoms with Gasteiger partial charge in [-0.15, -0.1) is 0 Å². The van der Waals surface area contributed by atoms with Gasteiger partial charge in [-0.05, 0) is 12.8 Å². The van der Waals surface area contributed by atoms with Crippen LogP contribution in [0.25, 0.3) is 0 Å². The number of nitrogens with zero attached hydrogens (tertiary/aromatic N) is 4. The Bertz CT molecular complexity index is 564. The Morgan fingerprint density at radius 1 is 1.41 bits per heavy atom. The molecule has 0 bridgehead atoms. The number of nitrogens with two attached hydrogens (primary N) is 1. The predicted octanol–water partition coefficient (Wildman–Crippen LogP) is 0.240. The second-order valence-corrected chi connectivity index (χ2v) is 6.35. The number of rotatable bonds is 4. The summed E-state index contributed by atoms with van der Waals surface area (Å²) in [5.74, 6) is -0.182. The summed E-state index contributed by atoms with van der Waals surface area (Å²) in [6.45, 7) is 2.72. The molecule has 7 heteroatoms. The van der Waals surface area contributed by atoms with Gasteiger partial charge in [0.05, 0.1) is 17.8 Å². The smallest absolute Gasteiger partial charge is 0.251 e. The lowest BCUT2D eigenvalue weighted by Gasteiger charge is -2.42. The zero-order chi connectivity index (χ0) is 15.7. The molecule has 0 spiro atoms. The van der Waals surface area contributed by atoms with Crippen molar-refractivity contribution in [2.75, 3.05) is 26.7 Å². The molecule has 1 unspecified atom stereocenters. The average Bonchev–Trinajstić information content (AvgIpc) is 2.87. The molecule has 0 aliphatic carbocycles. The lowest BCUT2D eigenvalue weighted by molar-refractivity contribution is -0.131. The summed E-state index contributed by atoms with van der Waals surface area (Å²) in [5.41, 5.74) is 5.69. The number of amides is 2. The van der Waals surface area contributed by atoms with Crippen LogP contribution in [0.3, 0.4) is 0 Å². The van der Waals surface area contributed by atoms with Crippen molar-refractivity contribution >= 4 is 11.8 Å². The lowest BCUT2D eigenvalue weighted by Crippen LogP contribution is -2.53. The van der Waals surface area contributed by atoms with Gasteiger partial charge in [-0.3, -0.25) is 19.2 Å². The summed E-state index contributed by atoms with van der Waals surface area (Å²) in [4.78, 5) is 27.3. The molecule has 2 amide bonds. The monoisotopic (exact) mass is 305 g/mol. The van der Waals surface area contributed by atoms with Gasteiger partial charge in [0, 0.05) is 45.3 Å². The van der Waals surface area contributed by atoms with E-state index in [0.29, 0.717) is 24.1 Å². The molecule has 3 rings (SSSR count). The first-order chi connectivity index (χ1) is 10.5. The average molecular weight is 305 g/mol. The fourth-order valence-corrected chi connectivity index (χ4v) is 3.27. The minimum absolute atomic E-state index is 0.262. The molecule has 3 heterocycles. The zero-order valence-corrected chi connectivity index (χ0v) is 12.9. The van der Waals surface area contributed by atoms with E-state index in [1.165, 1.54) is 6.20 Å². The van der Waals surface area contributed by atoms with E-state index < -0.39 is 5.91 Å². The quantitative estimate of drug-likeness (QED) is 0.863. The molecule has 0 saturated carbocycles. The van der Waals surface area contributed by atoms with Crippen molar-refractivity contribution in [1.82, 2.24) is 19.6 Å². The Balaban J connectivity index is 1.52. The number of likely N-dealkylation sites (tertiary alicyclic amines) is 2. The Labute approximate surface area is 130 Å². The first-order valence-corrected chi connectivity index (χ1v) is 7.86. The van der Waals surface area contributed by atoms with Gasteiger partial charge >= 0.3 is 0 Å². The van der Waals surface area contributed by atoms with E-state index in [-0.39, 0.29) is 5.91 Å². The van der Waals surface area contributed by atoms with E-state index in [9.17, 15) is 9.59 Å². The third-order valence-corrected chi connectivity index (χ3v) is 4.79. The van der Waals surface area contributed by atoms with Gasteiger partial charge in [0.2, 0.25) is 5.91 Å². The van der Waals surface area contributed by atoms with Gasteiger partial charge < -0.3 is 10.6 Å². The first-order valence-electron chi connectivity index (χ1n) is 7.86. The molecule has 0 aromatic carbocycles. The second kappa shape index (κ2) is 6.08. The molecule has 1 aromatic heterocycles. The Kier molecular flexibility index (Phi) is 4.15. The fraction of sp³-hybridized carbons (Fsp3) is 0.667. The highest BCUT2D eigenvalue weighted by Gasteiger charge is 2.33. The summed E-state index contributed by atoms with van der Waals surface area (Å²) < 4.78 is 1.82. The molecule has 22 heavy (non-hydrogen) atoms. The van der Waals surface area contributed by atoms with E-state index >= 15 is 0 Å². The number of primary amides is 1. The topological polar surface area (TPSA) is 84.5 Å². The molecule has 120 valence electrons. The molecule has 2 N–H and O–H groups in total. The molecule has 2 aliphatic rings. The maximum absolute atomic E-state index is 11.9. The minimum Gasteiger partial charge on any atom is -0.366 e. The lowest BCUT2D eigenvalue weighted by atomic mass is 10.0. The Hall–Kier alpha value is -1.89. The van der Waals surface area contributed by atoms with Crippen LogP contribution in [-0.4, -0.2) is 64.1 Å². The largest absolute Gasteiger partial charge is 0.366 e. The van der Waals surface area contributed by atoms with E-state index in [2.05, 4.69) is 10.00 Å². The van der Waals surface area contributed by atoms with Gasteiger partial charge in [-0.2, -0.15) is 5.10 Å².